The van der Waals surface area contributed by atoms with Gasteiger partial charge in [0.05, 0.1) is 6.10 Å². The zero-order valence-corrected chi connectivity index (χ0v) is 10.0. The molecule has 0 aliphatic rings. The summed E-state index contributed by atoms with van der Waals surface area (Å²) in [6.45, 7) is 1.55. The molecule has 0 bridgehead atoms. The molecule has 0 spiro atoms. The Morgan fingerprint density at radius 1 is 1.06 bits per heavy atom. The fourth-order valence-electron chi connectivity index (χ4n) is 1.88. The first-order valence-electron chi connectivity index (χ1n) is 5.75. The van der Waals surface area contributed by atoms with Crippen molar-refractivity contribution in [2.75, 3.05) is 0 Å². The zero-order chi connectivity index (χ0) is 13.1. The van der Waals surface area contributed by atoms with Gasteiger partial charge >= 0.3 is 0 Å². The number of hydrogen-bond donors (Lipinski definition) is 1. The Morgan fingerprint density at radius 3 is 2.39 bits per heavy atom. The van der Waals surface area contributed by atoms with Crippen molar-refractivity contribution in [3.05, 3.63) is 70.8 Å². The summed E-state index contributed by atoms with van der Waals surface area (Å²) in [4.78, 5) is 0. The average Bonchev–Trinajstić information content (AvgIpc) is 2.35. The summed E-state index contributed by atoms with van der Waals surface area (Å²) in [6.07, 6.45) is -0.658. The van der Waals surface area contributed by atoms with Crippen LogP contribution in [-0.4, -0.2) is 5.11 Å². The van der Waals surface area contributed by atoms with E-state index in [1.165, 1.54) is 6.07 Å². The molecule has 2 aromatic rings. The lowest BCUT2D eigenvalue weighted by Gasteiger charge is -2.13. The van der Waals surface area contributed by atoms with Gasteiger partial charge < -0.3 is 5.11 Å². The van der Waals surface area contributed by atoms with Crippen molar-refractivity contribution in [1.82, 2.24) is 0 Å². The van der Waals surface area contributed by atoms with Crippen molar-refractivity contribution < 1.29 is 13.9 Å². The molecule has 18 heavy (non-hydrogen) atoms. The van der Waals surface area contributed by atoms with E-state index in [1.54, 1.807) is 6.92 Å². The summed E-state index contributed by atoms with van der Waals surface area (Å²) >= 11 is 0. The van der Waals surface area contributed by atoms with Crippen molar-refractivity contribution in [1.29, 1.82) is 0 Å². The van der Waals surface area contributed by atoms with Crippen molar-refractivity contribution in [3.63, 3.8) is 0 Å². The summed E-state index contributed by atoms with van der Waals surface area (Å²) < 4.78 is 26.7. The van der Waals surface area contributed by atoms with Crippen molar-refractivity contribution in [3.8, 4) is 0 Å². The van der Waals surface area contributed by atoms with Gasteiger partial charge in [-0.05, 0) is 24.1 Å². The van der Waals surface area contributed by atoms with E-state index < -0.39 is 17.7 Å². The molecule has 0 radical (unpaired) electrons. The maximum atomic E-state index is 13.6. The van der Waals surface area contributed by atoms with Gasteiger partial charge in [-0.25, -0.2) is 8.78 Å². The van der Waals surface area contributed by atoms with Crippen LogP contribution in [0.3, 0.4) is 0 Å². The van der Waals surface area contributed by atoms with Crippen LogP contribution in [-0.2, 0) is 6.42 Å². The Morgan fingerprint density at radius 2 is 1.72 bits per heavy atom. The number of hydrogen-bond acceptors (Lipinski definition) is 1. The van der Waals surface area contributed by atoms with E-state index >= 15 is 0 Å². The minimum Gasteiger partial charge on any atom is -0.388 e. The number of aliphatic hydroxyl groups is 1. The van der Waals surface area contributed by atoms with Crippen molar-refractivity contribution in [2.45, 2.75) is 19.4 Å². The molecule has 3 heteroatoms. The quantitative estimate of drug-likeness (QED) is 0.880. The van der Waals surface area contributed by atoms with E-state index in [1.807, 2.05) is 30.3 Å². The molecule has 94 valence electrons. The Balaban J connectivity index is 2.24. The Labute approximate surface area is 105 Å². The maximum absolute atomic E-state index is 13.6. The summed E-state index contributed by atoms with van der Waals surface area (Å²) in [5.74, 6) is -1.30. The Hall–Kier alpha value is -1.74. The van der Waals surface area contributed by atoms with E-state index in [-0.39, 0.29) is 5.56 Å². The molecule has 0 saturated carbocycles. The van der Waals surface area contributed by atoms with E-state index in [4.69, 9.17) is 0 Å². The average molecular weight is 248 g/mol. The number of aryl methyl sites for hydroxylation is 1. The van der Waals surface area contributed by atoms with E-state index in [9.17, 15) is 13.9 Å². The molecule has 2 aromatic carbocycles. The monoisotopic (exact) mass is 248 g/mol. The number of rotatable bonds is 3. The smallest absolute Gasteiger partial charge is 0.131 e. The third-order valence-electron chi connectivity index (χ3n) is 2.91. The molecular weight excluding hydrogens is 234 g/mol. The molecule has 2 rings (SSSR count). The molecule has 0 fully saturated rings. The predicted molar refractivity (Wildman–Crippen MR) is 66.2 cm³/mol. The van der Waals surface area contributed by atoms with Gasteiger partial charge in [-0.2, -0.15) is 0 Å². The lowest BCUT2D eigenvalue weighted by molar-refractivity contribution is 0.173. The van der Waals surface area contributed by atoms with Crippen LogP contribution in [0.25, 0.3) is 0 Å². The molecule has 0 amide bonds. The van der Waals surface area contributed by atoms with Crippen molar-refractivity contribution in [2.24, 2.45) is 0 Å². The minimum absolute atomic E-state index is 0.137. The van der Waals surface area contributed by atoms with Crippen LogP contribution in [0.1, 0.15) is 22.8 Å². The first kappa shape index (κ1) is 12.7. The van der Waals surface area contributed by atoms with Crippen LogP contribution < -0.4 is 0 Å². The highest BCUT2D eigenvalue weighted by Crippen LogP contribution is 2.23. The van der Waals surface area contributed by atoms with Gasteiger partial charge in [-0.1, -0.05) is 30.3 Å². The van der Waals surface area contributed by atoms with Gasteiger partial charge in [0.15, 0.2) is 0 Å². The minimum atomic E-state index is -0.966. The molecule has 0 aliphatic carbocycles. The standard InChI is InChI=1S/C15H14F2O/c1-10-7-12(14(17)9-13(10)16)15(18)8-11-5-3-2-4-6-11/h2-7,9,15,18H,8H2,1H3. The highest BCUT2D eigenvalue weighted by atomic mass is 19.1. The van der Waals surface area contributed by atoms with Gasteiger partial charge in [0.1, 0.15) is 11.6 Å². The largest absolute Gasteiger partial charge is 0.388 e. The second kappa shape index (κ2) is 5.27. The first-order valence-corrected chi connectivity index (χ1v) is 5.75. The Kier molecular flexibility index (Phi) is 3.72. The van der Waals surface area contributed by atoms with Crippen LogP contribution >= 0.6 is 0 Å². The SMILES string of the molecule is Cc1cc(C(O)Cc2ccccc2)c(F)cc1F. The normalized spacial score (nSPS) is 12.4. The van der Waals surface area contributed by atoms with Crippen LogP contribution in [0.4, 0.5) is 8.78 Å². The number of halogens is 2. The maximum Gasteiger partial charge on any atom is 0.131 e. The van der Waals surface area contributed by atoms with Gasteiger partial charge in [0.25, 0.3) is 0 Å². The molecule has 1 unspecified atom stereocenters. The molecule has 0 aliphatic heterocycles. The summed E-state index contributed by atoms with van der Waals surface area (Å²) in [6, 6.07) is 11.5. The van der Waals surface area contributed by atoms with E-state index in [0.29, 0.717) is 12.0 Å². The third-order valence-corrected chi connectivity index (χ3v) is 2.91. The molecule has 1 nitrogen and oxygen atoms in total. The van der Waals surface area contributed by atoms with Crippen LogP contribution in [0.5, 0.6) is 0 Å². The number of benzene rings is 2. The van der Waals surface area contributed by atoms with Crippen LogP contribution in [0, 0.1) is 18.6 Å². The first-order chi connectivity index (χ1) is 8.58. The molecule has 0 heterocycles. The lowest BCUT2D eigenvalue weighted by Crippen LogP contribution is -2.05. The van der Waals surface area contributed by atoms with Crippen LogP contribution in [0.2, 0.25) is 0 Å². The molecule has 1 atom stereocenters. The highest BCUT2D eigenvalue weighted by Gasteiger charge is 2.15. The zero-order valence-electron chi connectivity index (χ0n) is 10.0. The van der Waals surface area contributed by atoms with Gasteiger partial charge in [-0.3, -0.25) is 0 Å². The van der Waals surface area contributed by atoms with E-state index in [0.717, 1.165) is 11.6 Å². The highest BCUT2D eigenvalue weighted by molar-refractivity contribution is 5.29. The van der Waals surface area contributed by atoms with Crippen LogP contribution in [0.15, 0.2) is 42.5 Å². The van der Waals surface area contributed by atoms with Gasteiger partial charge in [0.2, 0.25) is 0 Å². The molecule has 0 saturated heterocycles. The third kappa shape index (κ3) is 2.74. The van der Waals surface area contributed by atoms with Gasteiger partial charge in [-0.15, -0.1) is 0 Å². The summed E-state index contributed by atoms with van der Waals surface area (Å²) in [5, 5.41) is 10.0. The topological polar surface area (TPSA) is 20.2 Å². The number of aliphatic hydroxyl groups excluding tert-OH is 1. The summed E-state index contributed by atoms with van der Waals surface area (Å²) in [7, 11) is 0. The van der Waals surface area contributed by atoms with Gasteiger partial charge in [0, 0.05) is 18.1 Å². The van der Waals surface area contributed by atoms with E-state index in [2.05, 4.69) is 0 Å². The molecular formula is C15H14F2O. The second-order valence-electron chi connectivity index (χ2n) is 4.33. The van der Waals surface area contributed by atoms with Crippen molar-refractivity contribution >= 4 is 0 Å². The lowest BCUT2D eigenvalue weighted by atomic mass is 9.99. The fraction of sp³-hybridized carbons (Fsp3) is 0.200. The fourth-order valence-corrected chi connectivity index (χ4v) is 1.88. The second-order valence-corrected chi connectivity index (χ2v) is 4.33. The predicted octanol–water partition coefficient (Wildman–Crippen LogP) is 3.55. The molecule has 1 N–H and O–H groups in total. The Bertz CT molecular complexity index is 538. The molecule has 0 aromatic heterocycles. The summed E-state index contributed by atoms with van der Waals surface area (Å²) in [5.41, 5.74) is 1.38.